The van der Waals surface area contributed by atoms with Crippen LogP contribution in [0.4, 0.5) is 5.69 Å². The van der Waals surface area contributed by atoms with Crippen LogP contribution < -0.4 is 14.4 Å². The van der Waals surface area contributed by atoms with Crippen LogP contribution in [0, 0.1) is 0 Å². The van der Waals surface area contributed by atoms with E-state index in [1.54, 1.807) is 11.9 Å². The molecule has 1 atom stereocenters. The summed E-state index contributed by atoms with van der Waals surface area (Å²) >= 11 is 1.73. The first kappa shape index (κ1) is 14.9. The molecule has 0 bridgehead atoms. The van der Waals surface area contributed by atoms with E-state index in [1.807, 2.05) is 6.07 Å². The minimum atomic E-state index is 0.488. The van der Waals surface area contributed by atoms with Crippen LogP contribution in [-0.4, -0.2) is 12.7 Å². The third kappa shape index (κ3) is 2.93. The Hall–Kier alpha value is -1.65. The molecular formula is C19H22N2OS. The number of hydrogen-bond donors (Lipinski definition) is 1. The van der Waals surface area contributed by atoms with Crippen molar-refractivity contribution in [1.29, 1.82) is 0 Å². The molecule has 2 aliphatic rings. The summed E-state index contributed by atoms with van der Waals surface area (Å²) in [6, 6.07) is 14.8. The Morgan fingerprint density at radius 2 is 2.04 bits per heavy atom. The van der Waals surface area contributed by atoms with E-state index in [9.17, 15) is 0 Å². The molecule has 0 saturated carbocycles. The Morgan fingerprint density at radius 3 is 2.91 bits per heavy atom. The molecule has 1 unspecified atom stereocenters. The fourth-order valence-electron chi connectivity index (χ4n) is 3.26. The predicted molar refractivity (Wildman–Crippen MR) is 96.4 cm³/mol. The summed E-state index contributed by atoms with van der Waals surface area (Å²) in [5.74, 6) is 2.31. The van der Waals surface area contributed by atoms with Gasteiger partial charge in [-0.05, 0) is 66.6 Å². The van der Waals surface area contributed by atoms with Gasteiger partial charge in [-0.25, -0.2) is 4.72 Å². The topological polar surface area (TPSA) is 24.5 Å². The highest BCUT2D eigenvalue weighted by Gasteiger charge is 2.30. The normalized spacial score (nSPS) is 19.6. The predicted octanol–water partition coefficient (Wildman–Crippen LogP) is 5.14. The van der Waals surface area contributed by atoms with Gasteiger partial charge in [0.2, 0.25) is 0 Å². The lowest BCUT2D eigenvalue weighted by molar-refractivity contribution is 0.479. The molecular weight excluding hydrogens is 304 g/mol. The number of anilines is 1. The molecule has 0 amide bonds. The Bertz CT molecular complexity index is 716. The summed E-state index contributed by atoms with van der Waals surface area (Å²) in [5.41, 5.74) is 2.64. The molecule has 120 valence electrons. The number of hydrogen-bond acceptors (Lipinski definition) is 4. The fourth-order valence-corrected chi connectivity index (χ4v) is 4.23. The highest BCUT2D eigenvalue weighted by molar-refractivity contribution is 7.97. The number of fused-ring (bicyclic) bond motifs is 3. The third-order valence-electron chi connectivity index (χ3n) is 4.56. The van der Waals surface area contributed by atoms with E-state index in [2.05, 4.69) is 59.9 Å². The minimum Gasteiger partial charge on any atom is -0.457 e. The van der Waals surface area contributed by atoms with E-state index in [0.29, 0.717) is 12.1 Å². The highest BCUT2D eigenvalue weighted by Crippen LogP contribution is 2.40. The van der Waals surface area contributed by atoms with Gasteiger partial charge in [0.05, 0.1) is 11.9 Å². The van der Waals surface area contributed by atoms with Gasteiger partial charge in [-0.1, -0.05) is 26.0 Å². The maximum absolute atomic E-state index is 6.09. The molecule has 0 aliphatic carbocycles. The smallest absolute Gasteiger partial charge is 0.128 e. The van der Waals surface area contributed by atoms with Gasteiger partial charge >= 0.3 is 0 Å². The number of ether oxygens (including phenoxy) is 1. The maximum Gasteiger partial charge on any atom is 0.128 e. The molecule has 1 saturated heterocycles. The zero-order valence-corrected chi connectivity index (χ0v) is 14.4. The summed E-state index contributed by atoms with van der Waals surface area (Å²) < 4.78 is 9.63. The molecule has 2 aromatic rings. The zero-order chi connectivity index (χ0) is 15.8. The molecule has 3 nitrogen and oxygen atoms in total. The lowest BCUT2D eigenvalue weighted by Gasteiger charge is -2.33. The second-order valence-electron chi connectivity index (χ2n) is 6.53. The van der Waals surface area contributed by atoms with E-state index >= 15 is 0 Å². The van der Waals surface area contributed by atoms with Gasteiger partial charge in [0.1, 0.15) is 11.5 Å². The highest BCUT2D eigenvalue weighted by atomic mass is 32.2. The summed E-state index contributed by atoms with van der Waals surface area (Å²) in [5, 5.41) is 0. The van der Waals surface area contributed by atoms with Crippen LogP contribution in [0.15, 0.2) is 47.4 Å². The summed E-state index contributed by atoms with van der Waals surface area (Å²) in [6.45, 7) is 5.54. The van der Waals surface area contributed by atoms with Gasteiger partial charge in [-0.3, -0.25) is 0 Å². The molecule has 23 heavy (non-hydrogen) atoms. The van der Waals surface area contributed by atoms with Crippen molar-refractivity contribution in [2.45, 2.75) is 43.7 Å². The van der Waals surface area contributed by atoms with Crippen LogP contribution in [0.5, 0.6) is 11.5 Å². The number of nitrogens with one attached hydrogen (secondary N) is 1. The third-order valence-corrected chi connectivity index (χ3v) is 5.50. The molecule has 4 rings (SSSR count). The van der Waals surface area contributed by atoms with Gasteiger partial charge in [0.25, 0.3) is 0 Å². The number of nitrogens with zero attached hydrogens (tertiary/aromatic N) is 1. The molecule has 1 N–H and O–H groups in total. The van der Waals surface area contributed by atoms with Crippen molar-refractivity contribution in [3.05, 3.63) is 48.0 Å². The Labute approximate surface area is 142 Å². The largest absolute Gasteiger partial charge is 0.457 e. The first-order valence-corrected chi connectivity index (χ1v) is 9.13. The molecule has 2 aliphatic heterocycles. The fraction of sp³-hybridized carbons (Fsp3) is 0.368. The SMILES string of the molecule is CC(C)c1cccc(Oc2ccc3c(c2)SNC2CCCN32)c1. The van der Waals surface area contributed by atoms with E-state index < -0.39 is 0 Å². The Balaban J connectivity index is 1.58. The van der Waals surface area contributed by atoms with Crippen LogP contribution in [0.1, 0.15) is 38.2 Å². The van der Waals surface area contributed by atoms with Gasteiger partial charge in [-0.2, -0.15) is 0 Å². The van der Waals surface area contributed by atoms with E-state index in [0.717, 1.165) is 18.0 Å². The van der Waals surface area contributed by atoms with Crippen LogP contribution in [0.25, 0.3) is 0 Å². The zero-order valence-electron chi connectivity index (χ0n) is 13.6. The molecule has 0 radical (unpaired) electrons. The van der Waals surface area contributed by atoms with E-state index in [1.165, 1.54) is 29.0 Å². The summed E-state index contributed by atoms with van der Waals surface area (Å²) in [4.78, 5) is 3.72. The van der Waals surface area contributed by atoms with E-state index in [-0.39, 0.29) is 0 Å². The van der Waals surface area contributed by atoms with E-state index in [4.69, 9.17) is 4.74 Å². The van der Waals surface area contributed by atoms with Crippen LogP contribution in [0.3, 0.4) is 0 Å². The quantitative estimate of drug-likeness (QED) is 0.789. The van der Waals surface area contributed by atoms with Crippen molar-refractivity contribution in [2.24, 2.45) is 0 Å². The first-order chi connectivity index (χ1) is 11.2. The molecule has 4 heteroatoms. The second kappa shape index (κ2) is 6.10. The van der Waals surface area contributed by atoms with Crippen LogP contribution >= 0.6 is 11.9 Å². The minimum absolute atomic E-state index is 0.488. The number of rotatable bonds is 3. The van der Waals surface area contributed by atoms with Gasteiger partial charge in [0, 0.05) is 11.4 Å². The maximum atomic E-state index is 6.09. The van der Waals surface area contributed by atoms with Crippen molar-refractivity contribution in [2.75, 3.05) is 11.4 Å². The molecule has 2 aromatic carbocycles. The van der Waals surface area contributed by atoms with Crippen molar-refractivity contribution in [3.63, 3.8) is 0 Å². The molecule has 1 fully saturated rings. The molecule has 0 spiro atoms. The standard InChI is InChI=1S/C19H22N2OS/c1-13(2)14-5-3-6-15(11-14)22-16-8-9-17-18(12-16)23-20-19-7-4-10-21(17)19/h3,5-6,8-9,11-13,19-20H,4,7,10H2,1-2H3. The second-order valence-corrected chi connectivity index (χ2v) is 7.41. The average Bonchev–Trinajstić information content (AvgIpc) is 3.04. The Morgan fingerprint density at radius 1 is 1.17 bits per heavy atom. The van der Waals surface area contributed by atoms with Gasteiger partial charge in [-0.15, -0.1) is 0 Å². The van der Waals surface area contributed by atoms with Crippen LogP contribution in [-0.2, 0) is 0 Å². The van der Waals surface area contributed by atoms with Gasteiger partial charge in [0.15, 0.2) is 0 Å². The number of benzene rings is 2. The lowest BCUT2D eigenvalue weighted by atomic mass is 10.0. The lowest BCUT2D eigenvalue weighted by Crippen LogP contribution is -2.41. The van der Waals surface area contributed by atoms with Crippen molar-refractivity contribution < 1.29 is 4.74 Å². The van der Waals surface area contributed by atoms with Crippen LogP contribution in [0.2, 0.25) is 0 Å². The summed E-state index contributed by atoms with van der Waals surface area (Å²) in [6.07, 6.45) is 2.98. The summed E-state index contributed by atoms with van der Waals surface area (Å²) in [7, 11) is 0. The molecule has 2 heterocycles. The average molecular weight is 326 g/mol. The first-order valence-electron chi connectivity index (χ1n) is 8.31. The molecule has 0 aromatic heterocycles. The van der Waals surface area contributed by atoms with Crippen molar-refractivity contribution in [1.82, 2.24) is 4.72 Å². The van der Waals surface area contributed by atoms with Gasteiger partial charge < -0.3 is 9.64 Å². The Kier molecular flexibility index (Phi) is 3.95. The van der Waals surface area contributed by atoms with Crippen molar-refractivity contribution >= 4 is 17.6 Å². The van der Waals surface area contributed by atoms with Crippen molar-refractivity contribution in [3.8, 4) is 11.5 Å². The monoisotopic (exact) mass is 326 g/mol.